The second-order valence-corrected chi connectivity index (χ2v) is 3.91. The number of carbonyl (C=O) groups excluding carboxylic acids is 1. The molecular formula is C9H14O5. The molecule has 0 bridgehead atoms. The van der Waals surface area contributed by atoms with E-state index in [1.54, 1.807) is 7.11 Å². The molecule has 5 heteroatoms. The van der Waals surface area contributed by atoms with Gasteiger partial charge in [0.05, 0.1) is 6.10 Å². The molecule has 4 atom stereocenters. The molecule has 0 saturated carbocycles. The van der Waals surface area contributed by atoms with Gasteiger partial charge in [-0.05, 0) is 13.8 Å². The Labute approximate surface area is 82.3 Å². The van der Waals surface area contributed by atoms with E-state index in [0.29, 0.717) is 6.42 Å². The van der Waals surface area contributed by atoms with Crippen molar-refractivity contribution in [2.75, 3.05) is 7.11 Å². The average molecular weight is 202 g/mol. The van der Waals surface area contributed by atoms with Crippen molar-refractivity contribution in [3.05, 3.63) is 0 Å². The van der Waals surface area contributed by atoms with Crippen molar-refractivity contribution in [3.63, 3.8) is 0 Å². The third-order valence-corrected chi connectivity index (χ3v) is 2.77. The minimum Gasteiger partial charge on any atom is -0.424 e. The van der Waals surface area contributed by atoms with Gasteiger partial charge in [-0.2, -0.15) is 0 Å². The molecule has 0 spiro atoms. The molecule has 0 aromatic carbocycles. The Hall–Kier alpha value is -0.810. The van der Waals surface area contributed by atoms with Crippen molar-refractivity contribution >= 4 is 6.16 Å². The number of ether oxygens (including phenoxy) is 4. The summed E-state index contributed by atoms with van der Waals surface area (Å²) in [4.78, 5) is 11.0. The van der Waals surface area contributed by atoms with Crippen LogP contribution in [0.5, 0.6) is 0 Å². The van der Waals surface area contributed by atoms with Crippen LogP contribution in [0.4, 0.5) is 4.79 Å². The highest BCUT2D eigenvalue weighted by atomic mass is 16.8. The fourth-order valence-electron chi connectivity index (χ4n) is 2.08. The van der Waals surface area contributed by atoms with Crippen LogP contribution in [0.25, 0.3) is 0 Å². The summed E-state index contributed by atoms with van der Waals surface area (Å²) < 4.78 is 20.8. The summed E-state index contributed by atoms with van der Waals surface area (Å²) in [6, 6.07) is 0. The van der Waals surface area contributed by atoms with Gasteiger partial charge in [-0.1, -0.05) is 0 Å². The summed E-state index contributed by atoms with van der Waals surface area (Å²) in [5.74, 6) is 0. The average Bonchev–Trinajstić information content (AvgIpc) is 2.40. The van der Waals surface area contributed by atoms with E-state index in [4.69, 9.17) is 18.9 Å². The van der Waals surface area contributed by atoms with E-state index in [2.05, 4.69) is 0 Å². The highest BCUT2D eigenvalue weighted by Gasteiger charge is 2.55. The molecule has 0 aromatic heterocycles. The monoisotopic (exact) mass is 202 g/mol. The van der Waals surface area contributed by atoms with Gasteiger partial charge >= 0.3 is 6.16 Å². The molecule has 14 heavy (non-hydrogen) atoms. The lowest BCUT2D eigenvalue weighted by atomic mass is 9.89. The predicted octanol–water partition coefficient (Wildman–Crippen LogP) is 1.06. The van der Waals surface area contributed by atoms with Crippen LogP contribution < -0.4 is 0 Å². The predicted molar refractivity (Wildman–Crippen MR) is 45.7 cm³/mol. The Morgan fingerprint density at radius 1 is 1.57 bits per heavy atom. The molecule has 2 heterocycles. The maximum absolute atomic E-state index is 11.0. The zero-order chi connectivity index (χ0) is 10.3. The van der Waals surface area contributed by atoms with Crippen LogP contribution >= 0.6 is 0 Å². The number of hydrogen-bond acceptors (Lipinski definition) is 5. The number of rotatable bonds is 1. The highest BCUT2D eigenvalue weighted by Crippen LogP contribution is 2.39. The summed E-state index contributed by atoms with van der Waals surface area (Å²) in [7, 11) is 1.57. The summed E-state index contributed by atoms with van der Waals surface area (Å²) in [5.41, 5.74) is -0.616. The van der Waals surface area contributed by atoms with Crippen molar-refractivity contribution in [1.82, 2.24) is 0 Å². The topological polar surface area (TPSA) is 54.0 Å². The molecule has 2 saturated heterocycles. The molecular weight excluding hydrogens is 188 g/mol. The van der Waals surface area contributed by atoms with Crippen molar-refractivity contribution in [3.8, 4) is 0 Å². The molecule has 0 N–H and O–H groups in total. The van der Waals surface area contributed by atoms with Gasteiger partial charge in [-0.25, -0.2) is 4.79 Å². The molecule has 0 aliphatic carbocycles. The van der Waals surface area contributed by atoms with Crippen molar-refractivity contribution in [2.24, 2.45) is 0 Å². The molecule has 2 aliphatic rings. The lowest BCUT2D eigenvalue weighted by molar-refractivity contribution is -0.235. The quantitative estimate of drug-likeness (QED) is 0.595. The summed E-state index contributed by atoms with van der Waals surface area (Å²) in [6.07, 6.45) is -0.985. The lowest BCUT2D eigenvalue weighted by Crippen LogP contribution is -2.53. The van der Waals surface area contributed by atoms with Crippen LogP contribution in [-0.4, -0.2) is 37.4 Å². The van der Waals surface area contributed by atoms with Crippen LogP contribution in [0.2, 0.25) is 0 Å². The van der Waals surface area contributed by atoms with Gasteiger partial charge in [0.15, 0.2) is 18.0 Å². The largest absolute Gasteiger partial charge is 0.509 e. The van der Waals surface area contributed by atoms with Gasteiger partial charge in [0, 0.05) is 13.5 Å². The first-order valence-corrected chi connectivity index (χ1v) is 4.63. The van der Waals surface area contributed by atoms with Crippen LogP contribution in [0, 0.1) is 0 Å². The van der Waals surface area contributed by atoms with E-state index >= 15 is 0 Å². The molecule has 2 rings (SSSR count). The van der Waals surface area contributed by atoms with Crippen molar-refractivity contribution in [1.29, 1.82) is 0 Å². The van der Waals surface area contributed by atoms with E-state index in [1.807, 2.05) is 13.8 Å². The molecule has 5 nitrogen and oxygen atoms in total. The standard InChI is InChI=1S/C9H14O5/c1-5-7-9(2,14-8(10)13-7)4-6(11-3)12-5/h5-7H,4H2,1-3H3/t5-,6+,7-,9+/m1/s1. The Kier molecular flexibility index (Phi) is 2.16. The van der Waals surface area contributed by atoms with Crippen LogP contribution in [0.15, 0.2) is 0 Å². The zero-order valence-corrected chi connectivity index (χ0v) is 8.48. The first kappa shape index (κ1) is 9.73. The van der Waals surface area contributed by atoms with E-state index in [-0.39, 0.29) is 18.5 Å². The SMILES string of the molecule is CO[C@@H]1C[C@]2(C)OC(=O)O[C@@H]2[C@@H](C)O1. The molecule has 80 valence electrons. The number of fused-ring (bicyclic) bond motifs is 1. The van der Waals surface area contributed by atoms with E-state index in [0.717, 1.165) is 0 Å². The maximum atomic E-state index is 11.0. The van der Waals surface area contributed by atoms with Gasteiger partial charge in [-0.3, -0.25) is 0 Å². The molecule has 0 unspecified atom stereocenters. The lowest BCUT2D eigenvalue weighted by Gasteiger charge is -2.39. The fourth-order valence-corrected chi connectivity index (χ4v) is 2.08. The normalized spacial score (nSPS) is 46.8. The summed E-state index contributed by atoms with van der Waals surface area (Å²) >= 11 is 0. The van der Waals surface area contributed by atoms with E-state index in [9.17, 15) is 4.79 Å². The van der Waals surface area contributed by atoms with Gasteiger partial charge in [0.2, 0.25) is 0 Å². The Bertz CT molecular complexity index is 254. The summed E-state index contributed by atoms with van der Waals surface area (Å²) in [6.45, 7) is 3.68. The first-order chi connectivity index (χ1) is 6.55. The van der Waals surface area contributed by atoms with Gasteiger partial charge in [0.25, 0.3) is 0 Å². The smallest absolute Gasteiger partial charge is 0.424 e. The molecule has 0 radical (unpaired) electrons. The second-order valence-electron chi connectivity index (χ2n) is 3.91. The second kappa shape index (κ2) is 3.10. The van der Waals surface area contributed by atoms with Crippen LogP contribution in [-0.2, 0) is 18.9 Å². The highest BCUT2D eigenvalue weighted by molar-refractivity contribution is 5.63. The Balaban J connectivity index is 2.18. The minimum atomic E-state index is -0.621. The number of carbonyl (C=O) groups is 1. The first-order valence-electron chi connectivity index (χ1n) is 4.63. The van der Waals surface area contributed by atoms with Crippen molar-refractivity contribution < 1.29 is 23.7 Å². The minimum absolute atomic E-state index is 0.204. The van der Waals surface area contributed by atoms with Gasteiger partial charge in [-0.15, -0.1) is 0 Å². The third-order valence-electron chi connectivity index (χ3n) is 2.77. The van der Waals surface area contributed by atoms with Crippen LogP contribution in [0.1, 0.15) is 20.3 Å². The van der Waals surface area contributed by atoms with E-state index in [1.165, 1.54) is 0 Å². The van der Waals surface area contributed by atoms with E-state index < -0.39 is 11.8 Å². The van der Waals surface area contributed by atoms with Crippen molar-refractivity contribution in [2.45, 2.75) is 44.4 Å². The third kappa shape index (κ3) is 1.36. The number of hydrogen-bond donors (Lipinski definition) is 0. The van der Waals surface area contributed by atoms with Crippen LogP contribution in [0.3, 0.4) is 0 Å². The fraction of sp³-hybridized carbons (Fsp3) is 0.889. The summed E-state index contributed by atoms with van der Waals surface area (Å²) in [5, 5.41) is 0. The van der Waals surface area contributed by atoms with Gasteiger partial charge < -0.3 is 18.9 Å². The number of methoxy groups -OCH3 is 1. The Morgan fingerprint density at radius 2 is 2.29 bits per heavy atom. The zero-order valence-electron chi connectivity index (χ0n) is 8.48. The molecule has 0 aromatic rings. The Morgan fingerprint density at radius 3 is 2.93 bits per heavy atom. The molecule has 2 fully saturated rings. The molecule has 0 amide bonds. The maximum Gasteiger partial charge on any atom is 0.509 e. The molecule has 2 aliphatic heterocycles. The van der Waals surface area contributed by atoms with Gasteiger partial charge in [0.1, 0.15) is 0 Å².